The standard InChI is InChI=1S/C18H27N9/c1-7-10-25(4)13-19-16-22-17(20-14-26(5)11-8-2)24-18(23-16)21-15-27(6)12-9-3/h7-9,13-15H,1-3,10-12H2,4-6H3. The summed E-state index contributed by atoms with van der Waals surface area (Å²) in [5.74, 6) is 0.661. The van der Waals surface area contributed by atoms with Crippen molar-refractivity contribution >= 4 is 36.9 Å². The summed E-state index contributed by atoms with van der Waals surface area (Å²) in [6.07, 6.45) is 10.2. The SMILES string of the molecule is C=CCN(C)C=Nc1nc(N=CN(C)CC=C)nc(N=CN(C)CC=C)n1. The first-order valence-electron chi connectivity index (χ1n) is 8.30. The predicted molar refractivity (Wildman–Crippen MR) is 113 cm³/mol. The zero-order valence-electron chi connectivity index (χ0n) is 16.2. The molecule has 144 valence electrons. The zero-order chi connectivity index (χ0) is 20.1. The Kier molecular flexibility index (Phi) is 9.69. The maximum Gasteiger partial charge on any atom is 0.257 e. The molecule has 0 aromatic carbocycles. The van der Waals surface area contributed by atoms with Gasteiger partial charge in [-0.05, 0) is 0 Å². The predicted octanol–water partition coefficient (Wildman–Crippen LogP) is 2.20. The molecule has 0 aliphatic rings. The van der Waals surface area contributed by atoms with E-state index in [9.17, 15) is 0 Å². The molecule has 0 aliphatic carbocycles. The molecule has 1 aromatic heterocycles. The van der Waals surface area contributed by atoms with Crippen molar-refractivity contribution in [3.05, 3.63) is 38.0 Å². The monoisotopic (exact) mass is 369 g/mol. The first-order valence-corrected chi connectivity index (χ1v) is 8.30. The van der Waals surface area contributed by atoms with Gasteiger partial charge in [0.15, 0.2) is 0 Å². The quantitative estimate of drug-likeness (QED) is 0.319. The van der Waals surface area contributed by atoms with E-state index in [4.69, 9.17) is 0 Å². The minimum atomic E-state index is 0.220. The largest absolute Gasteiger partial charge is 0.362 e. The van der Waals surface area contributed by atoms with Crippen molar-refractivity contribution in [2.75, 3.05) is 40.8 Å². The maximum atomic E-state index is 4.26. The molecule has 0 unspecified atom stereocenters. The van der Waals surface area contributed by atoms with Crippen LogP contribution in [-0.4, -0.2) is 89.4 Å². The van der Waals surface area contributed by atoms with Gasteiger partial charge < -0.3 is 14.7 Å². The van der Waals surface area contributed by atoms with Crippen LogP contribution in [0.5, 0.6) is 0 Å². The molecule has 9 nitrogen and oxygen atoms in total. The van der Waals surface area contributed by atoms with Gasteiger partial charge in [-0.3, -0.25) is 0 Å². The third-order valence-electron chi connectivity index (χ3n) is 2.96. The fraction of sp³-hybridized carbons (Fsp3) is 0.333. The lowest BCUT2D eigenvalue weighted by molar-refractivity contribution is 0.580. The fourth-order valence-electron chi connectivity index (χ4n) is 1.72. The van der Waals surface area contributed by atoms with E-state index < -0.39 is 0 Å². The number of aromatic nitrogens is 3. The van der Waals surface area contributed by atoms with Crippen LogP contribution >= 0.6 is 0 Å². The van der Waals surface area contributed by atoms with Gasteiger partial charge in [-0.15, -0.1) is 19.7 Å². The van der Waals surface area contributed by atoms with Gasteiger partial charge in [-0.1, -0.05) is 18.2 Å². The number of hydrogen-bond donors (Lipinski definition) is 0. The van der Waals surface area contributed by atoms with Gasteiger partial charge in [0.05, 0.1) is 19.0 Å². The number of aliphatic imine (C=N–C) groups is 3. The second-order valence-corrected chi connectivity index (χ2v) is 5.65. The van der Waals surface area contributed by atoms with Gasteiger partial charge >= 0.3 is 0 Å². The molecule has 9 heteroatoms. The summed E-state index contributed by atoms with van der Waals surface area (Å²) in [6, 6.07) is 0. The van der Waals surface area contributed by atoms with Crippen LogP contribution < -0.4 is 0 Å². The maximum absolute atomic E-state index is 4.26. The van der Waals surface area contributed by atoms with E-state index in [1.54, 1.807) is 37.2 Å². The fourth-order valence-corrected chi connectivity index (χ4v) is 1.72. The van der Waals surface area contributed by atoms with Crippen LogP contribution in [0.1, 0.15) is 0 Å². The summed E-state index contributed by atoms with van der Waals surface area (Å²) >= 11 is 0. The van der Waals surface area contributed by atoms with Crippen molar-refractivity contribution in [1.82, 2.24) is 29.7 Å². The van der Waals surface area contributed by atoms with Gasteiger partial charge in [-0.2, -0.15) is 15.0 Å². The Morgan fingerprint density at radius 2 is 0.889 bits per heavy atom. The summed E-state index contributed by atoms with van der Waals surface area (Å²) in [5, 5.41) is 0. The van der Waals surface area contributed by atoms with E-state index in [2.05, 4.69) is 49.7 Å². The molecule has 0 atom stereocenters. The van der Waals surface area contributed by atoms with Crippen LogP contribution in [-0.2, 0) is 0 Å². The van der Waals surface area contributed by atoms with Gasteiger partial charge in [0.2, 0.25) is 0 Å². The highest BCUT2D eigenvalue weighted by atomic mass is 15.3. The molecule has 1 aromatic rings. The molecule has 0 amide bonds. The molecule has 0 saturated heterocycles. The van der Waals surface area contributed by atoms with Crippen LogP contribution in [0.15, 0.2) is 52.9 Å². The molecule has 0 aliphatic heterocycles. The number of rotatable bonds is 12. The lowest BCUT2D eigenvalue weighted by atomic mass is 10.6. The molecule has 0 bridgehead atoms. The highest BCUT2D eigenvalue weighted by Gasteiger charge is 2.04. The smallest absolute Gasteiger partial charge is 0.257 e. The topological polar surface area (TPSA) is 85.5 Å². The first-order chi connectivity index (χ1) is 13.0. The lowest BCUT2D eigenvalue weighted by Gasteiger charge is -2.10. The Bertz CT molecular complexity index is 601. The Morgan fingerprint density at radius 3 is 1.11 bits per heavy atom. The van der Waals surface area contributed by atoms with Crippen LogP contribution in [0.2, 0.25) is 0 Å². The van der Waals surface area contributed by atoms with Gasteiger partial charge in [0.1, 0.15) is 0 Å². The molecule has 1 rings (SSSR count). The van der Waals surface area contributed by atoms with Crippen LogP contribution in [0.3, 0.4) is 0 Å². The molecular weight excluding hydrogens is 342 g/mol. The summed E-state index contributed by atoms with van der Waals surface area (Å²) in [4.78, 5) is 31.0. The van der Waals surface area contributed by atoms with E-state index >= 15 is 0 Å². The highest BCUT2D eigenvalue weighted by molar-refractivity contribution is 5.62. The molecule has 0 saturated carbocycles. The molecule has 0 radical (unpaired) electrons. The van der Waals surface area contributed by atoms with E-state index in [-0.39, 0.29) is 17.8 Å². The number of hydrogen-bond acceptors (Lipinski definition) is 6. The minimum Gasteiger partial charge on any atom is -0.362 e. The van der Waals surface area contributed by atoms with E-state index in [1.165, 1.54) is 0 Å². The minimum absolute atomic E-state index is 0.220. The molecule has 0 N–H and O–H groups in total. The Labute approximate surface area is 160 Å². The summed E-state index contributed by atoms with van der Waals surface area (Å²) < 4.78 is 0. The lowest BCUT2D eigenvalue weighted by Crippen LogP contribution is -2.16. The molecule has 27 heavy (non-hydrogen) atoms. The van der Waals surface area contributed by atoms with Crippen molar-refractivity contribution in [2.24, 2.45) is 15.0 Å². The summed E-state index contributed by atoms with van der Waals surface area (Å²) in [6.45, 7) is 13.0. The van der Waals surface area contributed by atoms with Crippen LogP contribution in [0.4, 0.5) is 17.8 Å². The summed E-state index contributed by atoms with van der Waals surface area (Å²) in [5.41, 5.74) is 0. The normalized spacial score (nSPS) is 11.2. The average molecular weight is 369 g/mol. The molecular formula is C18H27N9. The summed E-state index contributed by atoms with van der Waals surface area (Å²) in [7, 11) is 5.62. The molecule has 0 spiro atoms. The van der Waals surface area contributed by atoms with Crippen LogP contribution in [0, 0.1) is 0 Å². The van der Waals surface area contributed by atoms with E-state index in [1.807, 2.05) is 35.8 Å². The molecule has 0 fully saturated rings. The van der Waals surface area contributed by atoms with Gasteiger partial charge in [-0.25, -0.2) is 15.0 Å². The van der Waals surface area contributed by atoms with Crippen molar-refractivity contribution in [3.8, 4) is 0 Å². The third kappa shape index (κ3) is 9.05. The van der Waals surface area contributed by atoms with Crippen molar-refractivity contribution in [3.63, 3.8) is 0 Å². The number of likely N-dealkylation sites (N-methyl/N-ethyl adjacent to an activating group) is 3. The first kappa shape index (κ1) is 21.7. The van der Waals surface area contributed by atoms with Gasteiger partial charge in [0.25, 0.3) is 17.8 Å². The second kappa shape index (κ2) is 12.1. The Balaban J connectivity index is 3.11. The van der Waals surface area contributed by atoms with E-state index in [0.717, 1.165) is 0 Å². The second-order valence-electron chi connectivity index (χ2n) is 5.65. The van der Waals surface area contributed by atoms with E-state index in [0.29, 0.717) is 19.6 Å². The van der Waals surface area contributed by atoms with Crippen molar-refractivity contribution in [1.29, 1.82) is 0 Å². The third-order valence-corrected chi connectivity index (χ3v) is 2.96. The Hall–Kier alpha value is -3.36. The van der Waals surface area contributed by atoms with Gasteiger partial charge in [0, 0.05) is 40.8 Å². The zero-order valence-corrected chi connectivity index (χ0v) is 16.2. The van der Waals surface area contributed by atoms with Crippen molar-refractivity contribution in [2.45, 2.75) is 0 Å². The molecule has 1 heterocycles. The average Bonchev–Trinajstić information content (AvgIpc) is 2.64. The van der Waals surface area contributed by atoms with Crippen LogP contribution in [0.25, 0.3) is 0 Å². The van der Waals surface area contributed by atoms with Crippen molar-refractivity contribution < 1.29 is 0 Å². The Morgan fingerprint density at radius 1 is 0.630 bits per heavy atom. The highest BCUT2D eigenvalue weighted by Crippen LogP contribution is 2.15. The number of nitrogens with zero attached hydrogens (tertiary/aromatic N) is 9.